The molecule has 2 aromatic rings. The summed E-state index contributed by atoms with van der Waals surface area (Å²) in [5.74, 6) is 1.19. The second-order valence-electron chi connectivity index (χ2n) is 6.58. The number of hydrogen-bond donors (Lipinski definition) is 3. The maximum atomic E-state index is 11.3. The highest BCUT2D eigenvalue weighted by molar-refractivity contribution is 5.65. The lowest BCUT2D eigenvalue weighted by molar-refractivity contribution is -0.384. The molecule has 7 nitrogen and oxygen atoms in total. The van der Waals surface area contributed by atoms with Gasteiger partial charge in [0.25, 0.3) is 0 Å². The summed E-state index contributed by atoms with van der Waals surface area (Å²) in [4.78, 5) is 15.1. The molecule has 138 valence electrons. The second kappa shape index (κ2) is 9.15. The number of rotatable bonds is 8. The minimum atomic E-state index is -0.383. The topological polar surface area (TPSA) is 92.1 Å². The highest BCUT2D eigenvalue weighted by atomic mass is 16.6. The number of nitrogens with zero attached hydrogens (tertiary/aromatic N) is 2. The van der Waals surface area contributed by atoms with Gasteiger partial charge in [-0.25, -0.2) is 4.98 Å². The van der Waals surface area contributed by atoms with Crippen LogP contribution in [0.25, 0.3) is 0 Å². The summed E-state index contributed by atoms with van der Waals surface area (Å²) < 4.78 is 0. The number of benzene rings is 1. The molecule has 1 aliphatic rings. The second-order valence-corrected chi connectivity index (χ2v) is 6.58. The van der Waals surface area contributed by atoms with E-state index >= 15 is 0 Å². The van der Waals surface area contributed by atoms with Crippen molar-refractivity contribution < 1.29 is 4.92 Å². The summed E-state index contributed by atoms with van der Waals surface area (Å²) in [7, 11) is 0. The Morgan fingerprint density at radius 2 is 1.96 bits per heavy atom. The lowest BCUT2D eigenvalue weighted by atomic mass is 9.98. The van der Waals surface area contributed by atoms with Crippen molar-refractivity contribution in [2.45, 2.75) is 19.3 Å². The minimum absolute atomic E-state index is 0.0209. The van der Waals surface area contributed by atoms with Crippen molar-refractivity contribution in [2.24, 2.45) is 5.92 Å². The van der Waals surface area contributed by atoms with Crippen molar-refractivity contribution in [2.75, 3.05) is 36.8 Å². The Bertz CT molecular complexity index is 717. The highest BCUT2D eigenvalue weighted by Gasteiger charge is 2.18. The minimum Gasteiger partial charge on any atom is -0.379 e. The zero-order valence-electron chi connectivity index (χ0n) is 14.8. The van der Waals surface area contributed by atoms with Crippen molar-refractivity contribution in [1.29, 1.82) is 0 Å². The van der Waals surface area contributed by atoms with E-state index in [2.05, 4.69) is 33.1 Å². The van der Waals surface area contributed by atoms with Crippen LogP contribution in [-0.2, 0) is 6.42 Å². The molecule has 1 aromatic carbocycles. The molecule has 2 heterocycles. The first-order valence-corrected chi connectivity index (χ1v) is 9.09. The van der Waals surface area contributed by atoms with Gasteiger partial charge in [0, 0.05) is 19.2 Å². The van der Waals surface area contributed by atoms with E-state index in [9.17, 15) is 10.1 Å². The summed E-state index contributed by atoms with van der Waals surface area (Å²) in [6.07, 6.45) is 4.38. The third-order valence-corrected chi connectivity index (χ3v) is 4.68. The molecule has 1 fully saturated rings. The highest BCUT2D eigenvalue weighted by Crippen LogP contribution is 2.26. The normalized spacial score (nSPS) is 14.8. The Kier molecular flexibility index (Phi) is 6.38. The van der Waals surface area contributed by atoms with Crippen molar-refractivity contribution in [1.82, 2.24) is 10.3 Å². The molecule has 26 heavy (non-hydrogen) atoms. The Morgan fingerprint density at radius 1 is 1.19 bits per heavy atom. The van der Waals surface area contributed by atoms with Gasteiger partial charge in [0.15, 0.2) is 0 Å². The number of anilines is 2. The van der Waals surface area contributed by atoms with Gasteiger partial charge >= 0.3 is 5.69 Å². The summed E-state index contributed by atoms with van der Waals surface area (Å²) >= 11 is 0. The van der Waals surface area contributed by atoms with Crippen LogP contribution in [0, 0.1) is 16.0 Å². The fraction of sp³-hybridized carbons (Fsp3) is 0.421. The average molecular weight is 355 g/mol. The lowest BCUT2D eigenvalue weighted by Crippen LogP contribution is -2.31. The van der Waals surface area contributed by atoms with E-state index < -0.39 is 0 Å². The van der Waals surface area contributed by atoms with Gasteiger partial charge in [-0.3, -0.25) is 10.1 Å². The van der Waals surface area contributed by atoms with Crippen LogP contribution in [0.3, 0.4) is 0 Å². The molecule has 1 aromatic heterocycles. The number of piperidine rings is 1. The standard InChI is InChI=1S/C19H25N5O2/c25-24(26)18-14-23-19(21-11-8-15-4-2-1-3-5-15)12-17(18)22-13-16-6-9-20-10-7-16/h1-5,12,14,16,20H,6-11,13H2,(H2,21,22,23). The summed E-state index contributed by atoms with van der Waals surface area (Å²) in [6.45, 7) is 3.49. The van der Waals surface area contributed by atoms with Crippen LogP contribution in [0.1, 0.15) is 18.4 Å². The van der Waals surface area contributed by atoms with Crippen LogP contribution in [0.2, 0.25) is 0 Å². The first-order valence-electron chi connectivity index (χ1n) is 9.09. The Hall–Kier alpha value is -2.67. The monoisotopic (exact) mass is 355 g/mol. The van der Waals surface area contributed by atoms with E-state index in [1.165, 1.54) is 11.8 Å². The number of hydrogen-bond acceptors (Lipinski definition) is 6. The van der Waals surface area contributed by atoms with E-state index in [1.54, 1.807) is 6.07 Å². The maximum absolute atomic E-state index is 11.3. The van der Waals surface area contributed by atoms with Crippen LogP contribution in [0.15, 0.2) is 42.6 Å². The molecule has 7 heteroatoms. The molecular formula is C19H25N5O2. The van der Waals surface area contributed by atoms with Crippen molar-refractivity contribution in [3.63, 3.8) is 0 Å². The quantitative estimate of drug-likeness (QED) is 0.498. The van der Waals surface area contributed by atoms with Gasteiger partial charge < -0.3 is 16.0 Å². The fourth-order valence-electron chi connectivity index (χ4n) is 3.15. The van der Waals surface area contributed by atoms with E-state index in [0.717, 1.165) is 45.4 Å². The predicted octanol–water partition coefficient (Wildman–Crippen LogP) is 3.06. The largest absolute Gasteiger partial charge is 0.379 e. The number of aromatic nitrogens is 1. The molecule has 0 saturated carbocycles. The molecule has 1 saturated heterocycles. The summed E-state index contributed by atoms with van der Waals surface area (Å²) in [5.41, 5.74) is 1.80. The number of pyridine rings is 1. The smallest absolute Gasteiger partial charge is 0.310 e. The Morgan fingerprint density at radius 3 is 2.69 bits per heavy atom. The molecule has 0 radical (unpaired) electrons. The maximum Gasteiger partial charge on any atom is 0.310 e. The van der Waals surface area contributed by atoms with Crippen LogP contribution in [-0.4, -0.2) is 36.1 Å². The molecule has 0 aliphatic carbocycles. The van der Waals surface area contributed by atoms with Crippen LogP contribution >= 0.6 is 0 Å². The molecule has 3 rings (SSSR count). The molecule has 3 N–H and O–H groups in total. The van der Waals surface area contributed by atoms with E-state index in [1.807, 2.05) is 18.2 Å². The molecule has 0 spiro atoms. The van der Waals surface area contributed by atoms with Gasteiger partial charge in [-0.2, -0.15) is 0 Å². The predicted molar refractivity (Wildman–Crippen MR) is 104 cm³/mol. The van der Waals surface area contributed by atoms with Crippen molar-refractivity contribution in [3.05, 3.63) is 58.3 Å². The molecule has 0 amide bonds. The van der Waals surface area contributed by atoms with Gasteiger partial charge in [0.05, 0.1) is 4.92 Å². The van der Waals surface area contributed by atoms with Gasteiger partial charge in [-0.15, -0.1) is 0 Å². The lowest BCUT2D eigenvalue weighted by Gasteiger charge is -2.23. The first kappa shape index (κ1) is 18.1. The molecule has 0 unspecified atom stereocenters. The Balaban J connectivity index is 1.60. The zero-order chi connectivity index (χ0) is 18.2. The third kappa shape index (κ3) is 5.16. The third-order valence-electron chi connectivity index (χ3n) is 4.68. The Labute approximate surface area is 153 Å². The van der Waals surface area contributed by atoms with Gasteiger partial charge in [0.2, 0.25) is 0 Å². The van der Waals surface area contributed by atoms with Crippen molar-refractivity contribution >= 4 is 17.2 Å². The first-order chi connectivity index (χ1) is 12.7. The number of nitrogens with one attached hydrogen (secondary N) is 3. The van der Waals surface area contributed by atoms with Gasteiger partial charge in [-0.1, -0.05) is 30.3 Å². The summed E-state index contributed by atoms with van der Waals surface area (Å²) in [5, 5.41) is 21.1. The van der Waals surface area contributed by atoms with E-state index in [4.69, 9.17) is 0 Å². The van der Waals surface area contributed by atoms with Crippen LogP contribution in [0.5, 0.6) is 0 Å². The molecule has 1 aliphatic heterocycles. The van der Waals surface area contributed by atoms with Crippen molar-refractivity contribution in [3.8, 4) is 0 Å². The molecule has 0 bridgehead atoms. The SMILES string of the molecule is O=[N+]([O-])c1cnc(NCCc2ccccc2)cc1NCC1CCNCC1. The van der Waals surface area contributed by atoms with Crippen LogP contribution in [0.4, 0.5) is 17.2 Å². The van der Waals surface area contributed by atoms with Gasteiger partial charge in [0.1, 0.15) is 17.7 Å². The van der Waals surface area contributed by atoms with Gasteiger partial charge in [-0.05, 0) is 43.8 Å². The summed E-state index contributed by atoms with van der Waals surface area (Å²) in [6, 6.07) is 11.9. The average Bonchev–Trinajstić information content (AvgIpc) is 2.68. The van der Waals surface area contributed by atoms with E-state index in [0.29, 0.717) is 17.4 Å². The van der Waals surface area contributed by atoms with E-state index in [-0.39, 0.29) is 10.6 Å². The fourth-order valence-corrected chi connectivity index (χ4v) is 3.15. The number of nitro groups is 1. The molecular weight excluding hydrogens is 330 g/mol. The zero-order valence-corrected chi connectivity index (χ0v) is 14.8. The van der Waals surface area contributed by atoms with Crippen LogP contribution < -0.4 is 16.0 Å². The molecule has 0 atom stereocenters.